The number of amides is 2. The molecule has 1 aromatic carbocycles. The number of H-pyrrole nitrogens is 1. The fourth-order valence-corrected chi connectivity index (χ4v) is 4.27. The quantitative estimate of drug-likeness (QED) is 0.767. The van der Waals surface area contributed by atoms with Crippen LogP contribution >= 0.6 is 0 Å². The van der Waals surface area contributed by atoms with Gasteiger partial charge in [-0.15, -0.1) is 0 Å². The van der Waals surface area contributed by atoms with Crippen LogP contribution in [0.25, 0.3) is 11.0 Å². The van der Waals surface area contributed by atoms with Crippen LogP contribution in [0.2, 0.25) is 0 Å². The monoisotopic (exact) mass is 441 g/mol. The van der Waals surface area contributed by atoms with E-state index in [1.807, 2.05) is 54.8 Å². The third kappa shape index (κ3) is 4.87. The second-order valence-corrected chi connectivity index (χ2v) is 9.46. The van der Waals surface area contributed by atoms with Crippen LogP contribution < -0.4 is 10.5 Å². The number of piperazine rings is 1. The number of carbonyl (C=O) groups is 2. The largest absolute Gasteiger partial charge is 0.444 e. The minimum atomic E-state index is -0.528. The number of hydrogen-bond acceptors (Lipinski definition) is 6. The van der Waals surface area contributed by atoms with Crippen molar-refractivity contribution < 1.29 is 14.3 Å². The summed E-state index contributed by atoms with van der Waals surface area (Å²) in [5, 5.41) is 0. The predicted octanol–water partition coefficient (Wildman–Crippen LogP) is 2.22. The molecule has 9 nitrogen and oxygen atoms in total. The molecule has 3 heterocycles. The summed E-state index contributed by atoms with van der Waals surface area (Å²) in [6, 6.07) is 7.47. The molecule has 2 aliphatic rings. The average Bonchev–Trinajstić information content (AvgIpc) is 2.77. The standard InChI is InChI=1S/C23H31N5O4/c1-23(2,3)32-22(31)28-14-12-27(13-15-28)21(30)16-8-10-26(11-9-16)19-20(29)25-18-7-5-4-6-17(18)24-19/h4-7,16H,8-15H2,1-3H3,(H,25,29). The lowest BCUT2D eigenvalue weighted by Crippen LogP contribution is -2.53. The van der Waals surface area contributed by atoms with E-state index in [0.717, 1.165) is 11.0 Å². The zero-order valence-electron chi connectivity index (χ0n) is 19.0. The van der Waals surface area contributed by atoms with Gasteiger partial charge in [-0.2, -0.15) is 0 Å². The van der Waals surface area contributed by atoms with Crippen molar-refractivity contribution in [1.29, 1.82) is 0 Å². The predicted molar refractivity (Wildman–Crippen MR) is 122 cm³/mol. The number of fused-ring (bicyclic) bond motifs is 1. The Morgan fingerprint density at radius 1 is 1.00 bits per heavy atom. The molecule has 0 spiro atoms. The van der Waals surface area contributed by atoms with Gasteiger partial charge in [0.15, 0.2) is 5.82 Å². The van der Waals surface area contributed by atoms with E-state index < -0.39 is 5.60 Å². The number of ether oxygens (including phenoxy) is 1. The highest BCUT2D eigenvalue weighted by Crippen LogP contribution is 2.23. The van der Waals surface area contributed by atoms with Crippen LogP contribution in [0.1, 0.15) is 33.6 Å². The van der Waals surface area contributed by atoms with Crippen molar-refractivity contribution in [2.75, 3.05) is 44.2 Å². The third-order valence-electron chi connectivity index (χ3n) is 5.97. The lowest BCUT2D eigenvalue weighted by molar-refractivity contribution is -0.138. The Bertz CT molecular complexity index is 1040. The molecule has 2 amide bonds. The van der Waals surface area contributed by atoms with E-state index in [4.69, 9.17) is 4.74 Å². The maximum atomic E-state index is 13.0. The number of benzene rings is 1. The first-order valence-corrected chi connectivity index (χ1v) is 11.2. The maximum Gasteiger partial charge on any atom is 0.410 e. The van der Waals surface area contributed by atoms with Gasteiger partial charge in [-0.1, -0.05) is 12.1 Å². The molecule has 4 rings (SSSR count). The molecule has 32 heavy (non-hydrogen) atoms. The van der Waals surface area contributed by atoms with Gasteiger partial charge in [0.1, 0.15) is 5.60 Å². The molecule has 0 bridgehead atoms. The van der Waals surface area contributed by atoms with Gasteiger partial charge in [0.25, 0.3) is 5.56 Å². The number of para-hydroxylation sites is 2. The molecule has 0 radical (unpaired) electrons. The third-order valence-corrected chi connectivity index (χ3v) is 5.97. The van der Waals surface area contributed by atoms with Crippen LogP contribution in [0.3, 0.4) is 0 Å². The molecular formula is C23H31N5O4. The summed E-state index contributed by atoms with van der Waals surface area (Å²) < 4.78 is 5.42. The van der Waals surface area contributed by atoms with Crippen molar-refractivity contribution in [1.82, 2.24) is 19.8 Å². The normalized spacial score (nSPS) is 18.2. The lowest BCUT2D eigenvalue weighted by atomic mass is 9.95. The van der Waals surface area contributed by atoms with Gasteiger partial charge in [-0.25, -0.2) is 9.78 Å². The van der Waals surface area contributed by atoms with Gasteiger partial charge < -0.3 is 24.4 Å². The second-order valence-electron chi connectivity index (χ2n) is 9.46. The van der Waals surface area contributed by atoms with Crippen molar-refractivity contribution in [3.8, 4) is 0 Å². The zero-order valence-corrected chi connectivity index (χ0v) is 19.0. The first kappa shape index (κ1) is 22.1. The van der Waals surface area contributed by atoms with Crippen LogP contribution in [0.5, 0.6) is 0 Å². The zero-order chi connectivity index (χ0) is 22.9. The van der Waals surface area contributed by atoms with E-state index in [1.54, 1.807) is 4.90 Å². The van der Waals surface area contributed by atoms with Gasteiger partial charge in [0.05, 0.1) is 11.0 Å². The Balaban J connectivity index is 1.31. The first-order valence-electron chi connectivity index (χ1n) is 11.2. The summed E-state index contributed by atoms with van der Waals surface area (Å²) in [5.41, 5.74) is 0.742. The molecule has 1 aromatic heterocycles. The molecule has 0 atom stereocenters. The van der Waals surface area contributed by atoms with Crippen molar-refractivity contribution >= 4 is 28.9 Å². The minimum absolute atomic E-state index is 0.0705. The topological polar surface area (TPSA) is 98.8 Å². The molecule has 2 aromatic rings. The van der Waals surface area contributed by atoms with Gasteiger partial charge in [-0.05, 0) is 45.7 Å². The summed E-state index contributed by atoms with van der Waals surface area (Å²) in [6.45, 7) is 8.76. The van der Waals surface area contributed by atoms with Crippen LogP contribution in [-0.2, 0) is 9.53 Å². The molecule has 0 unspecified atom stereocenters. The second kappa shape index (κ2) is 8.80. The fraction of sp³-hybridized carbons (Fsp3) is 0.565. The minimum Gasteiger partial charge on any atom is -0.444 e. The number of aromatic amines is 1. The van der Waals surface area contributed by atoms with Gasteiger partial charge in [0.2, 0.25) is 5.91 Å². The molecule has 1 N–H and O–H groups in total. The molecule has 2 aliphatic heterocycles. The Labute approximate surface area is 187 Å². The number of nitrogens with one attached hydrogen (secondary N) is 1. The maximum absolute atomic E-state index is 13.0. The molecular weight excluding hydrogens is 410 g/mol. The average molecular weight is 442 g/mol. The Morgan fingerprint density at radius 2 is 1.62 bits per heavy atom. The van der Waals surface area contributed by atoms with E-state index >= 15 is 0 Å². The summed E-state index contributed by atoms with van der Waals surface area (Å²) >= 11 is 0. The van der Waals surface area contributed by atoms with E-state index in [1.165, 1.54) is 0 Å². The number of anilines is 1. The van der Waals surface area contributed by atoms with E-state index in [0.29, 0.717) is 57.9 Å². The van der Waals surface area contributed by atoms with Gasteiger partial charge in [0, 0.05) is 45.2 Å². The smallest absolute Gasteiger partial charge is 0.410 e. The number of carbonyl (C=O) groups excluding carboxylic acids is 2. The summed E-state index contributed by atoms with van der Waals surface area (Å²) in [5.74, 6) is 0.480. The van der Waals surface area contributed by atoms with Crippen LogP contribution in [0.15, 0.2) is 29.1 Å². The highest BCUT2D eigenvalue weighted by atomic mass is 16.6. The number of nitrogens with zero attached hydrogens (tertiary/aromatic N) is 4. The number of hydrogen-bond donors (Lipinski definition) is 1. The molecule has 172 valence electrons. The summed E-state index contributed by atoms with van der Waals surface area (Å²) in [6.07, 6.45) is 1.03. The lowest BCUT2D eigenvalue weighted by Gasteiger charge is -2.38. The van der Waals surface area contributed by atoms with E-state index in [2.05, 4.69) is 9.97 Å². The number of aromatic nitrogens is 2. The van der Waals surface area contributed by atoms with Gasteiger partial charge >= 0.3 is 6.09 Å². The molecule has 2 fully saturated rings. The first-order chi connectivity index (χ1) is 15.2. The Kier molecular flexibility index (Phi) is 6.08. The van der Waals surface area contributed by atoms with Crippen molar-refractivity contribution in [3.63, 3.8) is 0 Å². The van der Waals surface area contributed by atoms with Crippen molar-refractivity contribution in [3.05, 3.63) is 34.6 Å². The highest BCUT2D eigenvalue weighted by Gasteiger charge is 2.33. The summed E-state index contributed by atoms with van der Waals surface area (Å²) in [7, 11) is 0. The fourth-order valence-electron chi connectivity index (χ4n) is 4.27. The SMILES string of the molecule is CC(C)(C)OC(=O)N1CCN(C(=O)C2CCN(c3nc4ccccc4[nH]c3=O)CC2)CC1. The Hall–Kier alpha value is -3.10. The highest BCUT2D eigenvalue weighted by molar-refractivity contribution is 5.80. The van der Waals surface area contributed by atoms with Crippen molar-refractivity contribution in [2.24, 2.45) is 5.92 Å². The Morgan fingerprint density at radius 3 is 2.28 bits per heavy atom. The molecule has 0 aliphatic carbocycles. The molecule has 2 saturated heterocycles. The van der Waals surface area contributed by atoms with Crippen LogP contribution in [-0.4, -0.2) is 76.6 Å². The molecule has 0 saturated carbocycles. The number of piperidine rings is 1. The molecule has 9 heteroatoms. The van der Waals surface area contributed by atoms with Gasteiger partial charge in [-0.3, -0.25) is 9.59 Å². The summed E-state index contributed by atoms with van der Waals surface area (Å²) in [4.78, 5) is 50.7. The van der Waals surface area contributed by atoms with Crippen LogP contribution in [0, 0.1) is 5.92 Å². The van der Waals surface area contributed by atoms with Crippen molar-refractivity contribution in [2.45, 2.75) is 39.2 Å². The van der Waals surface area contributed by atoms with Crippen LogP contribution in [0.4, 0.5) is 10.6 Å². The van der Waals surface area contributed by atoms with E-state index in [9.17, 15) is 14.4 Å². The number of rotatable bonds is 2. The van der Waals surface area contributed by atoms with E-state index in [-0.39, 0.29) is 23.5 Å².